The van der Waals surface area contributed by atoms with Crippen LogP contribution in [-0.2, 0) is 4.57 Å². The number of hydrogen-bond acceptors (Lipinski definition) is 6. The molecule has 110 valence electrons. The van der Waals surface area contributed by atoms with Crippen molar-refractivity contribution in [3.63, 3.8) is 0 Å². The quantitative estimate of drug-likeness (QED) is 0.744. The van der Waals surface area contributed by atoms with Gasteiger partial charge in [-0.05, 0) is 25.7 Å². The standard InChI is InChI=1S/C11H18N5O3P/c17-20(18,19)11-13-9(15-5-1-2-6-15)12-10(14-11)16-7-3-4-8-16/h1-8H2,(H2,17,18,19). The van der Waals surface area contributed by atoms with Gasteiger partial charge in [-0.2, -0.15) is 15.0 Å². The predicted molar refractivity (Wildman–Crippen MR) is 74.4 cm³/mol. The van der Waals surface area contributed by atoms with Gasteiger partial charge in [-0.3, -0.25) is 4.57 Å². The third-order valence-corrected chi connectivity index (χ3v) is 4.36. The summed E-state index contributed by atoms with van der Waals surface area (Å²) in [7, 11) is -4.47. The first kappa shape index (κ1) is 13.7. The van der Waals surface area contributed by atoms with Gasteiger partial charge in [-0.25, -0.2) is 0 Å². The molecule has 0 bridgehead atoms. The fraction of sp³-hybridized carbons (Fsp3) is 0.727. The van der Waals surface area contributed by atoms with Crippen LogP contribution in [0.2, 0.25) is 0 Å². The lowest BCUT2D eigenvalue weighted by Gasteiger charge is -2.20. The fourth-order valence-electron chi connectivity index (χ4n) is 2.59. The average molecular weight is 299 g/mol. The Kier molecular flexibility index (Phi) is 3.62. The first-order valence-corrected chi connectivity index (χ1v) is 8.47. The summed E-state index contributed by atoms with van der Waals surface area (Å²) in [5.41, 5.74) is -0.420. The third-order valence-electron chi connectivity index (χ3n) is 3.64. The maximum atomic E-state index is 11.5. The van der Waals surface area contributed by atoms with Crippen LogP contribution < -0.4 is 15.4 Å². The molecule has 0 amide bonds. The lowest BCUT2D eigenvalue weighted by atomic mass is 10.4. The smallest absolute Gasteiger partial charge is 0.341 e. The van der Waals surface area contributed by atoms with E-state index in [9.17, 15) is 14.4 Å². The predicted octanol–water partition coefficient (Wildman–Crippen LogP) is -0.125. The molecule has 0 unspecified atom stereocenters. The van der Waals surface area contributed by atoms with Gasteiger partial charge in [-0.15, -0.1) is 0 Å². The molecule has 20 heavy (non-hydrogen) atoms. The average Bonchev–Trinajstić information content (AvgIpc) is 3.10. The molecule has 2 fully saturated rings. The summed E-state index contributed by atoms with van der Waals surface area (Å²) < 4.78 is 11.5. The van der Waals surface area contributed by atoms with Crippen molar-refractivity contribution in [3.05, 3.63) is 0 Å². The molecule has 0 spiro atoms. The Morgan fingerprint density at radius 2 is 1.20 bits per heavy atom. The number of nitrogens with zero attached hydrogens (tertiary/aromatic N) is 5. The Hall–Kier alpha value is -1.24. The highest BCUT2D eigenvalue weighted by atomic mass is 31.2. The van der Waals surface area contributed by atoms with Gasteiger partial charge >= 0.3 is 7.60 Å². The molecule has 9 heteroatoms. The monoisotopic (exact) mass is 299 g/mol. The number of aromatic nitrogens is 3. The van der Waals surface area contributed by atoms with E-state index in [1.165, 1.54) is 0 Å². The molecule has 2 aliphatic rings. The van der Waals surface area contributed by atoms with E-state index in [0.717, 1.165) is 51.9 Å². The number of rotatable bonds is 3. The largest absolute Gasteiger partial charge is 0.393 e. The maximum absolute atomic E-state index is 11.5. The Morgan fingerprint density at radius 1 is 0.800 bits per heavy atom. The normalized spacial score (nSPS) is 19.9. The Labute approximate surface area is 117 Å². The minimum atomic E-state index is -4.47. The highest BCUT2D eigenvalue weighted by Crippen LogP contribution is 2.32. The fourth-order valence-corrected chi connectivity index (χ4v) is 3.03. The molecule has 0 atom stereocenters. The van der Waals surface area contributed by atoms with Gasteiger partial charge in [0.2, 0.25) is 17.5 Å². The number of hydrogen-bond donors (Lipinski definition) is 2. The summed E-state index contributed by atoms with van der Waals surface area (Å²) in [5.74, 6) is 0.774. The number of anilines is 2. The van der Waals surface area contributed by atoms with Crippen LogP contribution in [0.3, 0.4) is 0 Å². The lowest BCUT2D eigenvalue weighted by molar-refractivity contribution is 0.385. The van der Waals surface area contributed by atoms with Crippen molar-refractivity contribution in [2.75, 3.05) is 36.0 Å². The van der Waals surface area contributed by atoms with E-state index in [-0.39, 0.29) is 0 Å². The molecule has 3 rings (SSSR count). The van der Waals surface area contributed by atoms with E-state index in [4.69, 9.17) is 0 Å². The van der Waals surface area contributed by atoms with Crippen LogP contribution in [0.4, 0.5) is 11.9 Å². The van der Waals surface area contributed by atoms with Gasteiger partial charge in [0.25, 0.3) is 0 Å². The molecule has 0 saturated carbocycles. The molecule has 1 aromatic rings. The van der Waals surface area contributed by atoms with Crippen LogP contribution in [-0.4, -0.2) is 50.9 Å². The van der Waals surface area contributed by atoms with E-state index in [1.807, 2.05) is 9.80 Å². The molecule has 2 aliphatic heterocycles. The molecular weight excluding hydrogens is 281 g/mol. The molecule has 8 nitrogen and oxygen atoms in total. The van der Waals surface area contributed by atoms with Gasteiger partial charge in [0, 0.05) is 26.2 Å². The summed E-state index contributed by atoms with van der Waals surface area (Å²) in [6.07, 6.45) is 4.21. The van der Waals surface area contributed by atoms with Gasteiger partial charge in [0.05, 0.1) is 0 Å². The van der Waals surface area contributed by atoms with Gasteiger partial charge in [0.15, 0.2) is 0 Å². The SMILES string of the molecule is O=P(O)(O)c1nc(N2CCCC2)nc(N2CCCC2)n1. The van der Waals surface area contributed by atoms with Crippen LogP contribution in [0.15, 0.2) is 0 Å². The van der Waals surface area contributed by atoms with Crippen LogP contribution >= 0.6 is 7.60 Å². The Bertz CT molecular complexity index is 503. The van der Waals surface area contributed by atoms with Crippen LogP contribution in [0, 0.1) is 0 Å². The summed E-state index contributed by atoms with van der Waals surface area (Å²) in [6.45, 7) is 3.29. The van der Waals surface area contributed by atoms with E-state index in [2.05, 4.69) is 15.0 Å². The summed E-state index contributed by atoms with van der Waals surface area (Å²) in [4.78, 5) is 34.9. The van der Waals surface area contributed by atoms with Crippen molar-refractivity contribution < 1.29 is 14.4 Å². The maximum Gasteiger partial charge on any atom is 0.393 e. The zero-order valence-corrected chi connectivity index (χ0v) is 12.0. The summed E-state index contributed by atoms with van der Waals surface area (Å²) >= 11 is 0. The summed E-state index contributed by atoms with van der Waals surface area (Å²) in [5, 5.41) is 0. The molecule has 2 saturated heterocycles. The minimum Gasteiger partial charge on any atom is -0.341 e. The minimum absolute atomic E-state index is 0.387. The lowest BCUT2D eigenvalue weighted by Crippen LogP contribution is -2.30. The summed E-state index contributed by atoms with van der Waals surface area (Å²) in [6, 6.07) is 0. The van der Waals surface area contributed by atoms with E-state index >= 15 is 0 Å². The molecule has 2 N–H and O–H groups in total. The third kappa shape index (κ3) is 2.77. The molecule has 1 aromatic heterocycles. The van der Waals surface area contributed by atoms with Crippen LogP contribution in [0.5, 0.6) is 0 Å². The second kappa shape index (κ2) is 5.27. The van der Waals surface area contributed by atoms with Crippen molar-refractivity contribution >= 4 is 25.1 Å². The molecule has 0 aliphatic carbocycles. The van der Waals surface area contributed by atoms with Crippen molar-refractivity contribution in [1.82, 2.24) is 15.0 Å². The second-order valence-electron chi connectivity index (χ2n) is 5.17. The topological polar surface area (TPSA) is 103 Å². The van der Waals surface area contributed by atoms with Gasteiger partial charge in [0.1, 0.15) is 0 Å². The Balaban J connectivity index is 2.00. The molecule has 0 radical (unpaired) electrons. The first-order chi connectivity index (χ1) is 9.54. The highest BCUT2D eigenvalue weighted by molar-refractivity contribution is 7.59. The van der Waals surface area contributed by atoms with E-state index in [0.29, 0.717) is 11.9 Å². The van der Waals surface area contributed by atoms with Crippen molar-refractivity contribution in [2.45, 2.75) is 25.7 Å². The molecule has 0 aromatic carbocycles. The zero-order chi connectivity index (χ0) is 14.2. The van der Waals surface area contributed by atoms with Crippen molar-refractivity contribution in [3.8, 4) is 0 Å². The highest BCUT2D eigenvalue weighted by Gasteiger charge is 2.28. The van der Waals surface area contributed by atoms with Crippen LogP contribution in [0.1, 0.15) is 25.7 Å². The van der Waals surface area contributed by atoms with E-state index in [1.54, 1.807) is 0 Å². The first-order valence-electron chi connectivity index (χ1n) is 6.86. The van der Waals surface area contributed by atoms with Gasteiger partial charge < -0.3 is 19.6 Å². The molecule has 3 heterocycles. The molecular formula is C11H18N5O3P. The van der Waals surface area contributed by atoms with E-state index < -0.39 is 13.2 Å². The Morgan fingerprint density at radius 3 is 1.55 bits per heavy atom. The second-order valence-corrected chi connectivity index (χ2v) is 6.66. The van der Waals surface area contributed by atoms with Gasteiger partial charge in [-0.1, -0.05) is 0 Å². The van der Waals surface area contributed by atoms with Crippen LogP contribution in [0.25, 0.3) is 0 Å². The van der Waals surface area contributed by atoms with Crippen molar-refractivity contribution in [2.24, 2.45) is 0 Å². The van der Waals surface area contributed by atoms with Crippen molar-refractivity contribution in [1.29, 1.82) is 0 Å². The zero-order valence-electron chi connectivity index (χ0n) is 11.1.